The standard InChI is InChI=1S/C8H9N5.C3H8/c1-10-7-6-5(3-2-4-11-6)12-8(9)13-7;1-3-2/h2-4H,1H3,(H3,9,10,12,13);3H2,1-2H3. The molecule has 0 saturated carbocycles. The summed E-state index contributed by atoms with van der Waals surface area (Å²) in [6.45, 7) is 4.25. The maximum Gasteiger partial charge on any atom is 0.222 e. The smallest absolute Gasteiger partial charge is 0.222 e. The van der Waals surface area contributed by atoms with Crippen molar-refractivity contribution in [1.82, 2.24) is 15.0 Å². The molecule has 2 aromatic rings. The lowest BCUT2D eigenvalue weighted by molar-refractivity contribution is 1.09. The molecule has 16 heavy (non-hydrogen) atoms. The molecule has 0 radical (unpaired) electrons. The first-order valence-electron chi connectivity index (χ1n) is 5.28. The molecule has 0 unspecified atom stereocenters. The molecule has 0 aliphatic carbocycles. The highest BCUT2D eigenvalue weighted by Crippen LogP contribution is 2.16. The minimum absolute atomic E-state index is 0.254. The van der Waals surface area contributed by atoms with E-state index in [2.05, 4.69) is 34.1 Å². The van der Waals surface area contributed by atoms with E-state index in [1.807, 2.05) is 12.1 Å². The van der Waals surface area contributed by atoms with Gasteiger partial charge in [0, 0.05) is 13.2 Å². The molecular weight excluding hydrogens is 202 g/mol. The average Bonchev–Trinajstić information content (AvgIpc) is 2.29. The van der Waals surface area contributed by atoms with Crippen LogP contribution < -0.4 is 11.1 Å². The second-order valence-corrected chi connectivity index (χ2v) is 3.26. The fourth-order valence-electron chi connectivity index (χ4n) is 1.16. The molecule has 0 saturated heterocycles. The first-order valence-corrected chi connectivity index (χ1v) is 5.28. The number of hydrogen-bond acceptors (Lipinski definition) is 5. The van der Waals surface area contributed by atoms with E-state index in [1.54, 1.807) is 13.2 Å². The van der Waals surface area contributed by atoms with Crippen molar-refractivity contribution in [2.45, 2.75) is 20.3 Å². The van der Waals surface area contributed by atoms with Crippen molar-refractivity contribution < 1.29 is 0 Å². The fraction of sp³-hybridized carbons (Fsp3) is 0.364. The predicted octanol–water partition coefficient (Wildman–Crippen LogP) is 2.06. The third-order valence-corrected chi connectivity index (χ3v) is 1.71. The fourth-order valence-corrected chi connectivity index (χ4v) is 1.16. The molecule has 3 N–H and O–H groups in total. The van der Waals surface area contributed by atoms with Crippen LogP contribution in [-0.4, -0.2) is 22.0 Å². The van der Waals surface area contributed by atoms with E-state index in [1.165, 1.54) is 6.42 Å². The lowest BCUT2D eigenvalue weighted by Gasteiger charge is -2.03. The van der Waals surface area contributed by atoms with Crippen LogP contribution in [0.25, 0.3) is 11.0 Å². The van der Waals surface area contributed by atoms with Crippen LogP contribution >= 0.6 is 0 Å². The second kappa shape index (κ2) is 5.85. The highest BCUT2D eigenvalue weighted by atomic mass is 15.1. The quantitative estimate of drug-likeness (QED) is 0.767. The van der Waals surface area contributed by atoms with Crippen LogP contribution in [0.4, 0.5) is 11.8 Å². The van der Waals surface area contributed by atoms with Gasteiger partial charge >= 0.3 is 0 Å². The number of fused-ring (bicyclic) bond motifs is 1. The molecule has 0 atom stereocenters. The van der Waals surface area contributed by atoms with E-state index in [9.17, 15) is 0 Å². The third kappa shape index (κ3) is 2.79. The van der Waals surface area contributed by atoms with Gasteiger partial charge in [-0.1, -0.05) is 20.3 Å². The Labute approximate surface area is 95.1 Å². The highest BCUT2D eigenvalue weighted by Gasteiger charge is 2.03. The van der Waals surface area contributed by atoms with Crippen molar-refractivity contribution >= 4 is 22.8 Å². The summed E-state index contributed by atoms with van der Waals surface area (Å²) in [6, 6.07) is 3.66. The zero-order valence-electron chi connectivity index (χ0n) is 9.86. The molecule has 0 fully saturated rings. The molecule has 0 bridgehead atoms. The Balaban J connectivity index is 0.000000386. The zero-order chi connectivity index (χ0) is 12.0. The summed E-state index contributed by atoms with van der Waals surface area (Å²) >= 11 is 0. The summed E-state index contributed by atoms with van der Waals surface area (Å²) in [6.07, 6.45) is 2.95. The molecule has 0 aromatic carbocycles. The lowest BCUT2D eigenvalue weighted by atomic mass is 10.3. The first-order chi connectivity index (χ1) is 7.72. The topological polar surface area (TPSA) is 76.7 Å². The Hall–Kier alpha value is -1.91. The molecular formula is C11H17N5. The average molecular weight is 219 g/mol. The largest absolute Gasteiger partial charge is 0.371 e. The summed E-state index contributed by atoms with van der Waals surface area (Å²) in [5.74, 6) is 0.910. The van der Waals surface area contributed by atoms with Gasteiger partial charge in [0.1, 0.15) is 5.52 Å². The van der Waals surface area contributed by atoms with Crippen molar-refractivity contribution in [3.63, 3.8) is 0 Å². The van der Waals surface area contributed by atoms with Crippen molar-refractivity contribution in [1.29, 1.82) is 0 Å². The van der Waals surface area contributed by atoms with Crippen LogP contribution in [-0.2, 0) is 0 Å². The molecule has 2 heterocycles. The molecule has 86 valence electrons. The van der Waals surface area contributed by atoms with Crippen LogP contribution in [0.2, 0.25) is 0 Å². The van der Waals surface area contributed by atoms with E-state index in [0.717, 1.165) is 11.0 Å². The zero-order valence-corrected chi connectivity index (χ0v) is 9.86. The summed E-state index contributed by atoms with van der Waals surface area (Å²) in [5.41, 5.74) is 7.00. The van der Waals surface area contributed by atoms with Crippen molar-refractivity contribution in [2.75, 3.05) is 18.1 Å². The number of nitrogens with zero attached hydrogens (tertiary/aromatic N) is 3. The number of aromatic nitrogens is 3. The Morgan fingerprint density at radius 1 is 1.31 bits per heavy atom. The summed E-state index contributed by atoms with van der Waals surface area (Å²) in [7, 11) is 1.77. The predicted molar refractivity (Wildman–Crippen MR) is 67.3 cm³/mol. The molecule has 0 spiro atoms. The minimum atomic E-state index is 0.254. The summed E-state index contributed by atoms with van der Waals surface area (Å²) < 4.78 is 0. The Kier molecular flexibility index (Phi) is 4.44. The van der Waals surface area contributed by atoms with E-state index in [0.29, 0.717) is 5.82 Å². The maximum absolute atomic E-state index is 5.51. The van der Waals surface area contributed by atoms with Gasteiger partial charge in [-0.3, -0.25) is 4.98 Å². The van der Waals surface area contributed by atoms with Gasteiger partial charge in [0.2, 0.25) is 5.95 Å². The minimum Gasteiger partial charge on any atom is -0.371 e. The number of hydrogen-bond donors (Lipinski definition) is 2. The van der Waals surface area contributed by atoms with Crippen LogP contribution in [0, 0.1) is 0 Å². The molecule has 2 aromatic heterocycles. The maximum atomic E-state index is 5.51. The molecule has 0 amide bonds. The van der Waals surface area contributed by atoms with Gasteiger partial charge in [-0.25, -0.2) is 4.98 Å². The molecule has 5 heteroatoms. The van der Waals surface area contributed by atoms with Crippen molar-refractivity contribution in [2.24, 2.45) is 0 Å². The molecule has 0 aliphatic rings. The van der Waals surface area contributed by atoms with E-state index in [-0.39, 0.29) is 5.95 Å². The van der Waals surface area contributed by atoms with Crippen molar-refractivity contribution in [3.05, 3.63) is 18.3 Å². The third-order valence-electron chi connectivity index (χ3n) is 1.71. The number of rotatable bonds is 1. The van der Waals surface area contributed by atoms with Gasteiger partial charge < -0.3 is 11.1 Å². The Bertz CT molecular complexity index is 455. The van der Waals surface area contributed by atoms with E-state index in [4.69, 9.17) is 5.73 Å². The number of pyridine rings is 1. The van der Waals surface area contributed by atoms with Crippen LogP contribution in [0.1, 0.15) is 20.3 Å². The summed E-state index contributed by atoms with van der Waals surface area (Å²) in [4.78, 5) is 12.2. The molecule has 2 rings (SSSR count). The molecule has 0 aliphatic heterocycles. The van der Waals surface area contributed by atoms with Gasteiger partial charge in [0.25, 0.3) is 0 Å². The van der Waals surface area contributed by atoms with Gasteiger partial charge in [0.15, 0.2) is 5.82 Å². The number of nitrogens with one attached hydrogen (secondary N) is 1. The van der Waals surface area contributed by atoms with Crippen LogP contribution in [0.5, 0.6) is 0 Å². The second-order valence-electron chi connectivity index (χ2n) is 3.26. The highest BCUT2D eigenvalue weighted by molar-refractivity contribution is 5.85. The van der Waals surface area contributed by atoms with Gasteiger partial charge in [0.05, 0.1) is 5.52 Å². The molecule has 5 nitrogen and oxygen atoms in total. The number of nitrogens with two attached hydrogens (primary N) is 1. The van der Waals surface area contributed by atoms with Crippen LogP contribution in [0.15, 0.2) is 18.3 Å². The van der Waals surface area contributed by atoms with Gasteiger partial charge in [-0.15, -0.1) is 0 Å². The van der Waals surface area contributed by atoms with E-state index < -0.39 is 0 Å². The SMILES string of the molecule is CCC.CNc1nc(N)nc2cccnc12. The first kappa shape index (κ1) is 12.2. The van der Waals surface area contributed by atoms with Gasteiger partial charge in [-0.2, -0.15) is 4.98 Å². The lowest BCUT2D eigenvalue weighted by Crippen LogP contribution is -2.01. The van der Waals surface area contributed by atoms with E-state index >= 15 is 0 Å². The number of nitrogen functional groups attached to an aromatic ring is 1. The normalized spacial score (nSPS) is 9.44. The van der Waals surface area contributed by atoms with Crippen molar-refractivity contribution in [3.8, 4) is 0 Å². The number of anilines is 2. The summed E-state index contributed by atoms with van der Waals surface area (Å²) in [5, 5.41) is 2.92. The van der Waals surface area contributed by atoms with Crippen LogP contribution in [0.3, 0.4) is 0 Å². The Morgan fingerprint density at radius 2 is 2.00 bits per heavy atom. The Morgan fingerprint density at radius 3 is 2.62 bits per heavy atom. The van der Waals surface area contributed by atoms with Gasteiger partial charge in [-0.05, 0) is 12.1 Å². The monoisotopic (exact) mass is 219 g/mol.